The highest BCUT2D eigenvalue weighted by molar-refractivity contribution is 5.80. The number of carbonyl (C=O) groups is 1. The van der Waals surface area contributed by atoms with Crippen molar-refractivity contribution in [2.24, 2.45) is 4.99 Å². The van der Waals surface area contributed by atoms with E-state index in [1.165, 1.54) is 0 Å². The van der Waals surface area contributed by atoms with Crippen LogP contribution < -0.4 is 15.4 Å². The Hall–Kier alpha value is -3.09. The molecule has 0 aliphatic carbocycles. The average Bonchev–Trinajstić information content (AvgIpc) is 3.25. The first-order valence-corrected chi connectivity index (χ1v) is 10.6. The van der Waals surface area contributed by atoms with Gasteiger partial charge in [-0.05, 0) is 43.2 Å². The van der Waals surface area contributed by atoms with E-state index in [1.54, 1.807) is 6.20 Å². The van der Waals surface area contributed by atoms with E-state index in [9.17, 15) is 4.79 Å². The molecule has 1 fully saturated rings. The summed E-state index contributed by atoms with van der Waals surface area (Å²) in [7, 11) is 0. The molecule has 0 saturated carbocycles. The van der Waals surface area contributed by atoms with Gasteiger partial charge >= 0.3 is 0 Å². The van der Waals surface area contributed by atoms with Gasteiger partial charge in [0.15, 0.2) is 5.96 Å². The first-order chi connectivity index (χ1) is 14.7. The summed E-state index contributed by atoms with van der Waals surface area (Å²) in [4.78, 5) is 22.8. The van der Waals surface area contributed by atoms with Crippen LogP contribution in [0.1, 0.15) is 37.9 Å². The molecular weight excluding hydrogens is 378 g/mol. The molecule has 1 aliphatic heterocycles. The summed E-state index contributed by atoms with van der Waals surface area (Å²) in [5.74, 6) is 1.78. The molecule has 0 bridgehead atoms. The first kappa shape index (κ1) is 21.6. The number of hydrogen-bond donors (Lipinski definition) is 2. The van der Waals surface area contributed by atoms with Crippen LogP contribution in [0.2, 0.25) is 0 Å². The average molecular weight is 410 g/mol. The summed E-state index contributed by atoms with van der Waals surface area (Å²) < 4.78 is 5.86. The fourth-order valence-electron chi connectivity index (χ4n) is 3.39. The SMILES string of the molecule is CCNC(=NCc1cccc(OCc2ccccn2)c1)NC1CCN(C(=O)CC)C1. The molecule has 2 heterocycles. The number of amides is 1. The highest BCUT2D eigenvalue weighted by Gasteiger charge is 2.25. The van der Waals surface area contributed by atoms with E-state index in [0.717, 1.165) is 49.0 Å². The Morgan fingerprint density at radius 1 is 1.27 bits per heavy atom. The Balaban J connectivity index is 1.56. The number of hydrogen-bond acceptors (Lipinski definition) is 4. The van der Waals surface area contributed by atoms with Crippen molar-refractivity contribution in [1.82, 2.24) is 20.5 Å². The van der Waals surface area contributed by atoms with Crippen molar-refractivity contribution >= 4 is 11.9 Å². The number of aliphatic imine (C=N–C) groups is 1. The van der Waals surface area contributed by atoms with Crippen LogP contribution in [0.4, 0.5) is 0 Å². The summed E-state index contributed by atoms with van der Waals surface area (Å²) in [6, 6.07) is 14.0. The van der Waals surface area contributed by atoms with E-state index in [0.29, 0.717) is 19.6 Å². The number of likely N-dealkylation sites (tertiary alicyclic amines) is 1. The summed E-state index contributed by atoms with van der Waals surface area (Å²) in [5, 5.41) is 6.76. The van der Waals surface area contributed by atoms with Crippen LogP contribution in [-0.4, -0.2) is 47.4 Å². The minimum absolute atomic E-state index is 0.212. The molecule has 1 atom stereocenters. The molecule has 1 saturated heterocycles. The first-order valence-electron chi connectivity index (χ1n) is 10.6. The van der Waals surface area contributed by atoms with Crippen molar-refractivity contribution in [2.45, 2.75) is 45.9 Å². The topological polar surface area (TPSA) is 78.9 Å². The smallest absolute Gasteiger partial charge is 0.222 e. The highest BCUT2D eigenvalue weighted by Crippen LogP contribution is 2.16. The molecule has 1 amide bonds. The van der Waals surface area contributed by atoms with E-state index in [-0.39, 0.29) is 11.9 Å². The Morgan fingerprint density at radius 2 is 2.17 bits per heavy atom. The lowest BCUT2D eigenvalue weighted by Gasteiger charge is -2.18. The molecule has 1 aliphatic rings. The van der Waals surface area contributed by atoms with E-state index >= 15 is 0 Å². The fraction of sp³-hybridized carbons (Fsp3) is 0.435. The van der Waals surface area contributed by atoms with Crippen LogP contribution in [0.25, 0.3) is 0 Å². The summed E-state index contributed by atoms with van der Waals surface area (Å²) >= 11 is 0. The van der Waals surface area contributed by atoms with Crippen LogP contribution in [0.15, 0.2) is 53.7 Å². The fourth-order valence-corrected chi connectivity index (χ4v) is 3.39. The van der Waals surface area contributed by atoms with Gasteiger partial charge in [-0.2, -0.15) is 0 Å². The molecule has 1 unspecified atom stereocenters. The number of nitrogens with one attached hydrogen (secondary N) is 2. The number of nitrogens with zero attached hydrogens (tertiary/aromatic N) is 3. The zero-order valence-corrected chi connectivity index (χ0v) is 17.8. The van der Waals surface area contributed by atoms with Crippen LogP contribution in [-0.2, 0) is 17.9 Å². The number of rotatable bonds is 8. The highest BCUT2D eigenvalue weighted by atomic mass is 16.5. The van der Waals surface area contributed by atoms with Crippen LogP contribution >= 0.6 is 0 Å². The minimum atomic E-state index is 0.212. The lowest BCUT2D eigenvalue weighted by Crippen LogP contribution is -2.45. The van der Waals surface area contributed by atoms with Gasteiger partial charge in [-0.1, -0.05) is 25.1 Å². The van der Waals surface area contributed by atoms with Crippen LogP contribution in [0.5, 0.6) is 5.75 Å². The predicted octanol–water partition coefficient (Wildman–Crippen LogP) is 2.73. The molecule has 30 heavy (non-hydrogen) atoms. The standard InChI is InChI=1S/C23H31N5O2/c1-3-22(29)28-13-11-19(16-28)27-23(24-4-2)26-15-18-8-7-10-21(14-18)30-17-20-9-5-6-12-25-20/h5-10,12,14,19H,3-4,11,13,15-17H2,1-2H3,(H2,24,26,27). The molecule has 2 N–H and O–H groups in total. The molecular formula is C23H31N5O2. The summed E-state index contributed by atoms with van der Waals surface area (Å²) in [5.41, 5.74) is 1.96. The van der Waals surface area contributed by atoms with Crippen molar-refractivity contribution in [2.75, 3.05) is 19.6 Å². The molecule has 160 valence electrons. The summed E-state index contributed by atoms with van der Waals surface area (Å²) in [6.45, 7) is 7.25. The number of guanidine groups is 1. The quantitative estimate of drug-likeness (QED) is 0.518. The Bertz CT molecular complexity index is 840. The molecule has 1 aromatic heterocycles. The van der Waals surface area contributed by atoms with Gasteiger partial charge < -0.3 is 20.3 Å². The lowest BCUT2D eigenvalue weighted by molar-refractivity contribution is -0.129. The van der Waals surface area contributed by atoms with Gasteiger partial charge in [0, 0.05) is 38.3 Å². The number of carbonyl (C=O) groups excluding carboxylic acids is 1. The molecule has 0 spiro atoms. The maximum absolute atomic E-state index is 11.9. The molecule has 7 heteroatoms. The second-order valence-electron chi connectivity index (χ2n) is 7.28. The Kier molecular flexibility index (Phi) is 8.06. The van der Waals surface area contributed by atoms with E-state index in [2.05, 4.69) is 15.6 Å². The number of ether oxygens (including phenoxy) is 1. The zero-order valence-electron chi connectivity index (χ0n) is 17.8. The second-order valence-corrected chi connectivity index (χ2v) is 7.28. The number of pyridine rings is 1. The van der Waals surface area contributed by atoms with E-state index in [4.69, 9.17) is 9.73 Å². The van der Waals surface area contributed by atoms with Crippen LogP contribution in [0, 0.1) is 0 Å². The summed E-state index contributed by atoms with van der Waals surface area (Å²) in [6.07, 6.45) is 3.26. The lowest BCUT2D eigenvalue weighted by atomic mass is 10.2. The largest absolute Gasteiger partial charge is 0.487 e. The van der Waals surface area contributed by atoms with Crippen LogP contribution in [0.3, 0.4) is 0 Å². The van der Waals surface area contributed by atoms with Gasteiger partial charge in [0.1, 0.15) is 12.4 Å². The molecule has 2 aromatic rings. The maximum atomic E-state index is 11.9. The molecule has 3 rings (SSSR count). The molecule has 0 radical (unpaired) electrons. The second kappa shape index (κ2) is 11.2. The predicted molar refractivity (Wildman–Crippen MR) is 118 cm³/mol. The van der Waals surface area contributed by atoms with Crippen molar-refractivity contribution in [3.63, 3.8) is 0 Å². The third kappa shape index (κ3) is 6.47. The zero-order chi connectivity index (χ0) is 21.2. The number of aromatic nitrogens is 1. The Labute approximate surface area is 178 Å². The van der Waals surface area contributed by atoms with Gasteiger partial charge in [0.25, 0.3) is 0 Å². The van der Waals surface area contributed by atoms with Crippen molar-refractivity contribution in [3.05, 3.63) is 59.9 Å². The third-order valence-electron chi connectivity index (χ3n) is 4.96. The normalized spacial score (nSPS) is 16.4. The van der Waals surface area contributed by atoms with E-state index < -0.39 is 0 Å². The monoisotopic (exact) mass is 409 g/mol. The minimum Gasteiger partial charge on any atom is -0.487 e. The van der Waals surface area contributed by atoms with Gasteiger partial charge in [-0.25, -0.2) is 4.99 Å². The van der Waals surface area contributed by atoms with Gasteiger partial charge in [-0.3, -0.25) is 9.78 Å². The van der Waals surface area contributed by atoms with Crippen molar-refractivity contribution in [1.29, 1.82) is 0 Å². The van der Waals surface area contributed by atoms with Crippen molar-refractivity contribution < 1.29 is 9.53 Å². The van der Waals surface area contributed by atoms with Crippen molar-refractivity contribution in [3.8, 4) is 5.75 Å². The van der Waals surface area contributed by atoms with Gasteiger partial charge in [-0.15, -0.1) is 0 Å². The van der Waals surface area contributed by atoms with E-state index in [1.807, 2.05) is 61.2 Å². The molecule has 1 aromatic carbocycles. The van der Waals surface area contributed by atoms with Gasteiger partial charge in [0.05, 0.1) is 12.2 Å². The number of benzene rings is 1. The Morgan fingerprint density at radius 3 is 2.93 bits per heavy atom. The third-order valence-corrected chi connectivity index (χ3v) is 4.96. The molecule has 7 nitrogen and oxygen atoms in total. The van der Waals surface area contributed by atoms with Gasteiger partial charge in [0.2, 0.25) is 5.91 Å². The maximum Gasteiger partial charge on any atom is 0.222 e.